The van der Waals surface area contributed by atoms with Crippen LogP contribution in [0.25, 0.3) is 0 Å². The lowest BCUT2D eigenvalue weighted by atomic mass is 10.0. The first-order valence-corrected chi connectivity index (χ1v) is 9.14. The summed E-state index contributed by atoms with van der Waals surface area (Å²) in [5.41, 5.74) is 1.22. The van der Waals surface area contributed by atoms with Crippen molar-refractivity contribution in [3.8, 4) is 5.75 Å². The van der Waals surface area contributed by atoms with E-state index in [1.165, 1.54) is 12.3 Å². The van der Waals surface area contributed by atoms with Crippen molar-refractivity contribution in [1.82, 2.24) is 9.88 Å². The summed E-state index contributed by atoms with van der Waals surface area (Å²) < 4.78 is 19.0. The fourth-order valence-corrected chi connectivity index (χ4v) is 3.22. The van der Waals surface area contributed by atoms with Crippen molar-refractivity contribution in [2.24, 2.45) is 0 Å². The van der Waals surface area contributed by atoms with Gasteiger partial charge in [0, 0.05) is 31.9 Å². The van der Waals surface area contributed by atoms with Gasteiger partial charge in [0.1, 0.15) is 5.82 Å². The van der Waals surface area contributed by atoms with E-state index in [1.807, 2.05) is 6.92 Å². The van der Waals surface area contributed by atoms with E-state index in [0.717, 1.165) is 38.0 Å². The molecule has 0 radical (unpaired) electrons. The maximum absolute atomic E-state index is 13.7. The predicted octanol–water partition coefficient (Wildman–Crippen LogP) is 3.39. The Hall–Kier alpha value is -2.67. The van der Waals surface area contributed by atoms with Gasteiger partial charge in [0.2, 0.25) is 0 Å². The molecule has 1 aliphatic heterocycles. The Morgan fingerprint density at radius 1 is 1.33 bits per heavy atom. The molecule has 1 aromatic heterocycles. The van der Waals surface area contributed by atoms with E-state index in [0.29, 0.717) is 24.2 Å². The first-order valence-electron chi connectivity index (χ1n) is 9.14. The van der Waals surface area contributed by atoms with Gasteiger partial charge in [-0.05, 0) is 49.6 Å². The molecule has 0 spiro atoms. The third-order valence-corrected chi connectivity index (χ3v) is 4.65. The number of carboxylic acids is 1. The lowest BCUT2D eigenvalue weighted by Gasteiger charge is -2.32. The van der Waals surface area contributed by atoms with Crippen LogP contribution in [0, 0.1) is 5.82 Å². The van der Waals surface area contributed by atoms with Gasteiger partial charge in [-0.15, -0.1) is 0 Å². The Morgan fingerprint density at radius 3 is 2.74 bits per heavy atom. The molecule has 1 saturated heterocycles. The number of aromatic carboxylic acids is 1. The number of pyridine rings is 1. The number of carboxylic acid groups (broad SMARTS) is 1. The largest absolute Gasteiger partial charge is 0.491 e. The van der Waals surface area contributed by atoms with E-state index >= 15 is 0 Å². The molecular weight excluding hydrogens is 349 g/mol. The number of aromatic nitrogens is 1. The van der Waals surface area contributed by atoms with Gasteiger partial charge in [-0.25, -0.2) is 14.2 Å². The van der Waals surface area contributed by atoms with Gasteiger partial charge in [0.15, 0.2) is 11.6 Å². The first kappa shape index (κ1) is 19.1. The second-order valence-corrected chi connectivity index (χ2v) is 6.63. The number of benzene rings is 1. The average molecular weight is 373 g/mol. The molecule has 1 fully saturated rings. The van der Waals surface area contributed by atoms with Crippen molar-refractivity contribution >= 4 is 11.8 Å². The molecule has 2 aromatic rings. The zero-order valence-corrected chi connectivity index (χ0v) is 15.3. The summed E-state index contributed by atoms with van der Waals surface area (Å²) in [6.45, 7) is 4.89. The molecule has 27 heavy (non-hydrogen) atoms. The lowest BCUT2D eigenvalue weighted by molar-refractivity contribution is 0.0696. The average Bonchev–Trinajstić information content (AvgIpc) is 2.67. The molecule has 6 nitrogen and oxygen atoms in total. The topological polar surface area (TPSA) is 74.7 Å². The maximum atomic E-state index is 13.7. The summed E-state index contributed by atoms with van der Waals surface area (Å²) in [5, 5.41) is 12.3. The zero-order chi connectivity index (χ0) is 19.2. The Kier molecular flexibility index (Phi) is 6.24. The van der Waals surface area contributed by atoms with Gasteiger partial charge in [-0.3, -0.25) is 4.90 Å². The fourth-order valence-electron chi connectivity index (χ4n) is 3.22. The number of rotatable bonds is 7. The summed E-state index contributed by atoms with van der Waals surface area (Å²) in [4.78, 5) is 17.4. The van der Waals surface area contributed by atoms with Crippen LogP contribution in [-0.4, -0.2) is 46.7 Å². The highest BCUT2D eigenvalue weighted by Gasteiger charge is 2.20. The molecule has 3 rings (SSSR count). The van der Waals surface area contributed by atoms with E-state index in [9.17, 15) is 9.18 Å². The molecule has 144 valence electrons. The number of likely N-dealkylation sites (tertiary alicyclic amines) is 1. The van der Waals surface area contributed by atoms with Gasteiger partial charge >= 0.3 is 5.97 Å². The van der Waals surface area contributed by atoms with Crippen molar-refractivity contribution < 1.29 is 19.0 Å². The minimum atomic E-state index is -0.976. The molecule has 2 N–H and O–H groups in total. The van der Waals surface area contributed by atoms with E-state index in [2.05, 4.69) is 15.2 Å². The highest BCUT2D eigenvalue weighted by atomic mass is 19.1. The summed E-state index contributed by atoms with van der Waals surface area (Å²) in [6.07, 6.45) is 3.29. The zero-order valence-electron chi connectivity index (χ0n) is 15.3. The van der Waals surface area contributed by atoms with Gasteiger partial charge in [0.25, 0.3) is 0 Å². The van der Waals surface area contributed by atoms with Gasteiger partial charge in [0.05, 0.1) is 12.2 Å². The first-order chi connectivity index (χ1) is 13.0. The SMILES string of the molecule is CCOc1cc(CN2CCC(Nc3ccc(C(=O)O)cn3)CC2)ccc1F. The minimum Gasteiger partial charge on any atom is -0.491 e. The Labute approximate surface area is 158 Å². The molecule has 0 bridgehead atoms. The highest BCUT2D eigenvalue weighted by Crippen LogP contribution is 2.22. The number of nitrogens with zero attached hydrogens (tertiary/aromatic N) is 2. The van der Waals surface area contributed by atoms with Crippen LogP contribution in [0.2, 0.25) is 0 Å². The number of nitrogens with one attached hydrogen (secondary N) is 1. The van der Waals surface area contributed by atoms with Crippen LogP contribution in [0.15, 0.2) is 36.5 Å². The number of carbonyl (C=O) groups is 1. The number of hydrogen-bond donors (Lipinski definition) is 2. The fraction of sp³-hybridized carbons (Fsp3) is 0.400. The lowest BCUT2D eigenvalue weighted by Crippen LogP contribution is -2.38. The Morgan fingerprint density at radius 2 is 2.11 bits per heavy atom. The van der Waals surface area contributed by atoms with Crippen molar-refractivity contribution in [2.45, 2.75) is 32.4 Å². The molecule has 0 atom stereocenters. The van der Waals surface area contributed by atoms with Gasteiger partial charge in [-0.1, -0.05) is 6.07 Å². The molecule has 0 aliphatic carbocycles. The second-order valence-electron chi connectivity index (χ2n) is 6.63. The highest BCUT2D eigenvalue weighted by molar-refractivity contribution is 5.87. The molecule has 0 unspecified atom stereocenters. The van der Waals surface area contributed by atoms with E-state index in [1.54, 1.807) is 24.3 Å². The number of piperidine rings is 1. The summed E-state index contributed by atoms with van der Waals surface area (Å²) in [6, 6.07) is 8.59. The van der Waals surface area contributed by atoms with Crippen LogP contribution in [0.5, 0.6) is 5.75 Å². The van der Waals surface area contributed by atoms with E-state index in [4.69, 9.17) is 9.84 Å². The predicted molar refractivity (Wildman–Crippen MR) is 101 cm³/mol. The third kappa shape index (κ3) is 5.17. The van der Waals surface area contributed by atoms with Crippen LogP contribution in [-0.2, 0) is 6.54 Å². The monoisotopic (exact) mass is 373 g/mol. The number of ether oxygens (including phenoxy) is 1. The molecular formula is C20H24FN3O3. The van der Waals surface area contributed by atoms with Crippen LogP contribution in [0.3, 0.4) is 0 Å². The van der Waals surface area contributed by atoms with Crippen LogP contribution >= 0.6 is 0 Å². The standard InChI is InChI=1S/C20H24FN3O3/c1-2-27-18-11-14(3-5-17(18)21)13-24-9-7-16(8-10-24)23-19-6-4-15(12-22-19)20(25)26/h3-6,11-12,16H,2,7-10,13H2,1H3,(H,22,23)(H,25,26). The molecule has 2 heterocycles. The minimum absolute atomic E-state index is 0.182. The molecule has 7 heteroatoms. The van der Waals surface area contributed by atoms with Crippen molar-refractivity contribution in [3.05, 3.63) is 53.5 Å². The van der Waals surface area contributed by atoms with Crippen molar-refractivity contribution in [2.75, 3.05) is 25.0 Å². The smallest absolute Gasteiger partial charge is 0.337 e. The number of halogens is 1. The number of hydrogen-bond acceptors (Lipinski definition) is 5. The Balaban J connectivity index is 1.50. The molecule has 0 saturated carbocycles. The van der Waals surface area contributed by atoms with Gasteiger partial charge in [-0.2, -0.15) is 0 Å². The second kappa shape index (κ2) is 8.81. The summed E-state index contributed by atoms with van der Waals surface area (Å²) in [7, 11) is 0. The summed E-state index contributed by atoms with van der Waals surface area (Å²) >= 11 is 0. The van der Waals surface area contributed by atoms with E-state index in [-0.39, 0.29) is 11.4 Å². The van der Waals surface area contributed by atoms with Gasteiger partial charge < -0.3 is 15.2 Å². The maximum Gasteiger partial charge on any atom is 0.337 e. The molecule has 1 aromatic carbocycles. The van der Waals surface area contributed by atoms with E-state index < -0.39 is 5.97 Å². The summed E-state index contributed by atoms with van der Waals surface area (Å²) in [5.74, 6) is -0.304. The quantitative estimate of drug-likeness (QED) is 0.775. The van der Waals surface area contributed by atoms with Crippen molar-refractivity contribution in [1.29, 1.82) is 0 Å². The number of anilines is 1. The van der Waals surface area contributed by atoms with Crippen molar-refractivity contribution in [3.63, 3.8) is 0 Å². The van der Waals surface area contributed by atoms with Crippen LogP contribution in [0.1, 0.15) is 35.7 Å². The van der Waals surface area contributed by atoms with Crippen LogP contribution < -0.4 is 10.1 Å². The normalized spacial score (nSPS) is 15.5. The molecule has 0 amide bonds. The third-order valence-electron chi connectivity index (χ3n) is 4.65. The Bertz CT molecular complexity index is 775. The molecule has 1 aliphatic rings. The van der Waals surface area contributed by atoms with Crippen LogP contribution in [0.4, 0.5) is 10.2 Å².